The van der Waals surface area contributed by atoms with E-state index in [-0.39, 0.29) is 6.42 Å². The summed E-state index contributed by atoms with van der Waals surface area (Å²) in [7, 11) is 0. The Kier molecular flexibility index (Phi) is 4.91. The highest BCUT2D eigenvalue weighted by Gasteiger charge is 2.21. The van der Waals surface area contributed by atoms with E-state index in [4.69, 9.17) is 5.11 Å². The lowest BCUT2D eigenvalue weighted by molar-refractivity contribution is -0.139. The Hall–Kier alpha value is -2.05. The van der Waals surface area contributed by atoms with E-state index in [0.717, 1.165) is 0 Å². The molecule has 4 nitrogen and oxygen atoms in total. The van der Waals surface area contributed by atoms with Gasteiger partial charge in [-0.05, 0) is 18.6 Å². The third-order valence-electron chi connectivity index (χ3n) is 2.43. The minimum atomic E-state index is -1.68. The first kappa shape index (κ1) is 15.0. The van der Waals surface area contributed by atoms with Gasteiger partial charge in [0.05, 0.1) is 0 Å². The Morgan fingerprint density at radius 2 is 1.79 bits per heavy atom. The van der Waals surface area contributed by atoms with Crippen molar-refractivity contribution in [1.82, 2.24) is 5.32 Å². The van der Waals surface area contributed by atoms with E-state index < -0.39 is 40.9 Å². The lowest BCUT2D eigenvalue weighted by Gasteiger charge is -2.13. The summed E-state index contributed by atoms with van der Waals surface area (Å²) in [6.07, 6.45) is 0.677. The molecule has 1 rings (SSSR count). The summed E-state index contributed by atoms with van der Waals surface area (Å²) in [5.41, 5.74) is -0.473. The Morgan fingerprint density at radius 3 is 2.21 bits per heavy atom. The van der Waals surface area contributed by atoms with Crippen molar-refractivity contribution in [2.75, 3.05) is 0 Å². The fourth-order valence-corrected chi connectivity index (χ4v) is 1.47. The molecule has 0 fully saturated rings. The summed E-state index contributed by atoms with van der Waals surface area (Å²) in [6, 6.07) is -0.134. The highest BCUT2D eigenvalue weighted by Crippen LogP contribution is 2.14. The summed E-state index contributed by atoms with van der Waals surface area (Å²) in [4.78, 5) is 22.4. The van der Waals surface area contributed by atoms with Gasteiger partial charge in [-0.15, -0.1) is 0 Å². The molecule has 1 aromatic rings. The van der Waals surface area contributed by atoms with E-state index in [1.54, 1.807) is 6.92 Å². The first-order chi connectivity index (χ1) is 8.86. The average Bonchev–Trinajstić information content (AvgIpc) is 2.34. The van der Waals surface area contributed by atoms with Crippen molar-refractivity contribution in [2.24, 2.45) is 0 Å². The van der Waals surface area contributed by atoms with Crippen LogP contribution < -0.4 is 5.32 Å². The molecule has 1 aromatic carbocycles. The van der Waals surface area contributed by atoms with Crippen LogP contribution in [0.2, 0.25) is 0 Å². The molecule has 104 valence electrons. The van der Waals surface area contributed by atoms with Crippen LogP contribution in [0.3, 0.4) is 0 Å². The molecule has 1 amide bonds. The van der Waals surface area contributed by atoms with Gasteiger partial charge in [0, 0.05) is 5.56 Å². The van der Waals surface area contributed by atoms with E-state index >= 15 is 0 Å². The predicted molar refractivity (Wildman–Crippen MR) is 60.1 cm³/mol. The molecule has 0 aromatic heterocycles. The largest absolute Gasteiger partial charge is 0.480 e. The molecule has 0 spiro atoms. The first-order valence-electron chi connectivity index (χ1n) is 5.55. The molecule has 0 unspecified atom stereocenters. The molecule has 0 bridgehead atoms. The Balaban J connectivity index is 2.91. The smallest absolute Gasteiger partial charge is 0.326 e. The average molecular weight is 275 g/mol. The molecule has 0 radical (unpaired) electrons. The molecule has 2 N–H and O–H groups in total. The molecule has 7 heteroatoms. The third kappa shape index (κ3) is 3.70. The highest BCUT2D eigenvalue weighted by atomic mass is 19.2. The van der Waals surface area contributed by atoms with E-state index in [9.17, 15) is 22.8 Å². The molecule has 19 heavy (non-hydrogen) atoms. The fraction of sp³-hybridized carbons (Fsp3) is 0.333. The SMILES string of the molecule is CCC[C@@H](NC(=O)c1cc(F)c(F)c(F)c1)C(=O)O. The highest BCUT2D eigenvalue weighted by molar-refractivity contribution is 5.96. The van der Waals surface area contributed by atoms with Gasteiger partial charge in [-0.1, -0.05) is 13.3 Å². The van der Waals surface area contributed by atoms with Crippen molar-refractivity contribution in [1.29, 1.82) is 0 Å². The number of carboxylic acids is 1. The number of nitrogens with one attached hydrogen (secondary N) is 1. The molecule has 0 saturated carbocycles. The molecular formula is C12H12F3NO3. The summed E-state index contributed by atoms with van der Waals surface area (Å²) in [6.45, 7) is 1.72. The van der Waals surface area contributed by atoms with Gasteiger partial charge in [-0.3, -0.25) is 4.79 Å². The number of carboxylic acid groups (broad SMARTS) is 1. The quantitative estimate of drug-likeness (QED) is 0.808. The molecular weight excluding hydrogens is 263 g/mol. The van der Waals surface area contributed by atoms with E-state index in [0.29, 0.717) is 18.6 Å². The normalized spacial score (nSPS) is 12.0. The monoisotopic (exact) mass is 275 g/mol. The van der Waals surface area contributed by atoms with Crippen LogP contribution in [-0.4, -0.2) is 23.0 Å². The number of carbonyl (C=O) groups is 2. The number of hydrogen-bond acceptors (Lipinski definition) is 2. The Bertz CT molecular complexity index is 482. The Morgan fingerprint density at radius 1 is 1.26 bits per heavy atom. The summed E-state index contributed by atoms with van der Waals surface area (Å²) < 4.78 is 38.6. The van der Waals surface area contributed by atoms with Crippen LogP contribution in [0.4, 0.5) is 13.2 Å². The van der Waals surface area contributed by atoms with Crippen molar-refractivity contribution in [3.8, 4) is 0 Å². The van der Waals surface area contributed by atoms with Gasteiger partial charge < -0.3 is 10.4 Å². The lowest BCUT2D eigenvalue weighted by Crippen LogP contribution is -2.40. The first-order valence-corrected chi connectivity index (χ1v) is 5.55. The summed E-state index contributed by atoms with van der Waals surface area (Å²) >= 11 is 0. The molecule has 0 aliphatic heterocycles. The standard InChI is InChI=1S/C12H12F3NO3/c1-2-3-9(12(18)19)16-11(17)6-4-7(13)10(15)8(14)5-6/h4-5,9H,2-3H2,1H3,(H,16,17)(H,18,19)/t9-/m1/s1. The molecule has 0 aliphatic rings. The van der Waals surface area contributed by atoms with Crippen LogP contribution >= 0.6 is 0 Å². The van der Waals surface area contributed by atoms with Gasteiger partial charge in [-0.25, -0.2) is 18.0 Å². The van der Waals surface area contributed by atoms with Crippen LogP contribution in [0.1, 0.15) is 30.1 Å². The zero-order valence-electron chi connectivity index (χ0n) is 10.0. The second kappa shape index (κ2) is 6.21. The predicted octanol–water partition coefficient (Wildman–Crippen LogP) is 2.09. The van der Waals surface area contributed by atoms with Crippen molar-refractivity contribution in [3.63, 3.8) is 0 Å². The van der Waals surface area contributed by atoms with Crippen molar-refractivity contribution >= 4 is 11.9 Å². The summed E-state index contributed by atoms with van der Waals surface area (Å²) in [5, 5.41) is 10.9. The van der Waals surface area contributed by atoms with Gasteiger partial charge in [0.1, 0.15) is 6.04 Å². The maximum atomic E-state index is 12.9. The van der Waals surface area contributed by atoms with Gasteiger partial charge in [0.15, 0.2) is 17.5 Å². The van der Waals surface area contributed by atoms with Crippen molar-refractivity contribution in [3.05, 3.63) is 35.1 Å². The maximum absolute atomic E-state index is 12.9. The third-order valence-corrected chi connectivity index (χ3v) is 2.43. The number of aliphatic carboxylic acids is 1. The number of benzene rings is 1. The number of hydrogen-bond donors (Lipinski definition) is 2. The van der Waals surface area contributed by atoms with E-state index in [2.05, 4.69) is 5.32 Å². The maximum Gasteiger partial charge on any atom is 0.326 e. The van der Waals surface area contributed by atoms with Crippen LogP contribution in [0.5, 0.6) is 0 Å². The number of rotatable bonds is 5. The molecule has 0 heterocycles. The van der Waals surface area contributed by atoms with Crippen LogP contribution in [-0.2, 0) is 4.79 Å². The van der Waals surface area contributed by atoms with Gasteiger partial charge in [0.25, 0.3) is 5.91 Å². The zero-order chi connectivity index (χ0) is 14.6. The van der Waals surface area contributed by atoms with Crippen LogP contribution in [0.25, 0.3) is 0 Å². The molecule has 1 atom stereocenters. The fourth-order valence-electron chi connectivity index (χ4n) is 1.47. The minimum Gasteiger partial charge on any atom is -0.480 e. The van der Waals surface area contributed by atoms with Crippen molar-refractivity contribution < 1.29 is 27.9 Å². The van der Waals surface area contributed by atoms with Gasteiger partial charge in [0.2, 0.25) is 0 Å². The van der Waals surface area contributed by atoms with Crippen LogP contribution in [0.15, 0.2) is 12.1 Å². The van der Waals surface area contributed by atoms with Crippen LogP contribution in [0, 0.1) is 17.5 Å². The Labute approximate surface area is 107 Å². The topological polar surface area (TPSA) is 66.4 Å². The minimum absolute atomic E-state index is 0.174. The lowest BCUT2D eigenvalue weighted by atomic mass is 10.1. The molecule has 0 aliphatic carbocycles. The summed E-state index contributed by atoms with van der Waals surface area (Å²) in [5.74, 6) is -6.92. The van der Waals surface area contributed by atoms with E-state index in [1.165, 1.54) is 0 Å². The van der Waals surface area contributed by atoms with E-state index in [1.807, 2.05) is 0 Å². The van der Waals surface area contributed by atoms with Gasteiger partial charge >= 0.3 is 5.97 Å². The number of carbonyl (C=O) groups excluding carboxylic acids is 1. The second-order valence-corrected chi connectivity index (χ2v) is 3.91. The van der Waals surface area contributed by atoms with Crippen molar-refractivity contribution in [2.45, 2.75) is 25.8 Å². The second-order valence-electron chi connectivity index (χ2n) is 3.91. The number of amides is 1. The molecule has 0 saturated heterocycles. The number of halogens is 3. The van der Waals surface area contributed by atoms with Gasteiger partial charge in [-0.2, -0.15) is 0 Å². The zero-order valence-corrected chi connectivity index (χ0v) is 10.0.